The number of aromatic nitrogens is 1. The Labute approximate surface area is 145 Å². The van der Waals surface area contributed by atoms with Crippen molar-refractivity contribution in [3.05, 3.63) is 58.4 Å². The molecule has 1 N–H and O–H groups in total. The van der Waals surface area contributed by atoms with Crippen molar-refractivity contribution in [2.45, 2.75) is 25.9 Å². The number of halogens is 3. The van der Waals surface area contributed by atoms with Gasteiger partial charge in [-0.15, -0.1) is 0 Å². The first-order valence-electron chi connectivity index (χ1n) is 8.04. The smallest absolute Gasteiger partial charge is 0.168 e. The van der Waals surface area contributed by atoms with Gasteiger partial charge in [-0.25, -0.2) is 8.78 Å². The van der Waals surface area contributed by atoms with E-state index in [0.29, 0.717) is 17.0 Å². The molecule has 1 saturated heterocycles. The Morgan fingerprint density at radius 1 is 1.33 bits per heavy atom. The summed E-state index contributed by atoms with van der Waals surface area (Å²) in [6.45, 7) is 3.49. The first-order chi connectivity index (χ1) is 11.6. The Morgan fingerprint density at radius 3 is 2.83 bits per heavy atom. The largest absolute Gasteiger partial charge is 0.482 e. The number of hydrogen-bond donors (Lipinski definition) is 1. The first-order valence-corrected chi connectivity index (χ1v) is 8.42. The molecule has 0 aliphatic carbocycles. The molecule has 1 fully saturated rings. The highest BCUT2D eigenvalue weighted by atomic mass is 35.5. The lowest BCUT2D eigenvalue weighted by molar-refractivity contribution is 0.136. The molecule has 2 aromatic rings. The minimum absolute atomic E-state index is 0.107. The molecule has 128 valence electrons. The standard InChI is InChI=1S/C18H19ClF2N2O/c1-2-11-6-15(20)7-16(21)18(11)24-17(12-3-4-22-8-12)13-5-14(19)10-23-9-13/h5-7,9-10,12,17,22H,2-4,8H2,1H3/t12-,17?/m0/s1. The number of nitrogens with zero attached hydrogens (tertiary/aromatic N) is 1. The third kappa shape index (κ3) is 3.68. The quantitative estimate of drug-likeness (QED) is 0.871. The fourth-order valence-corrected chi connectivity index (χ4v) is 3.27. The molecule has 3 nitrogen and oxygen atoms in total. The zero-order chi connectivity index (χ0) is 17.1. The van der Waals surface area contributed by atoms with Crippen LogP contribution in [-0.4, -0.2) is 18.1 Å². The van der Waals surface area contributed by atoms with Crippen LogP contribution >= 0.6 is 11.6 Å². The monoisotopic (exact) mass is 352 g/mol. The van der Waals surface area contributed by atoms with Crippen LogP contribution in [0.4, 0.5) is 8.78 Å². The van der Waals surface area contributed by atoms with Crippen molar-refractivity contribution in [1.29, 1.82) is 0 Å². The van der Waals surface area contributed by atoms with Crippen molar-refractivity contribution in [2.75, 3.05) is 13.1 Å². The van der Waals surface area contributed by atoms with E-state index in [0.717, 1.165) is 31.1 Å². The summed E-state index contributed by atoms with van der Waals surface area (Å²) in [4.78, 5) is 4.11. The van der Waals surface area contributed by atoms with Gasteiger partial charge in [0.25, 0.3) is 0 Å². The highest BCUT2D eigenvalue weighted by Gasteiger charge is 2.30. The van der Waals surface area contributed by atoms with Crippen LogP contribution in [0.25, 0.3) is 0 Å². The molecule has 1 aromatic heterocycles. The molecule has 1 aromatic carbocycles. The Bertz CT molecular complexity index is 720. The molecule has 0 amide bonds. The number of benzene rings is 1. The molecule has 1 aliphatic heterocycles. The summed E-state index contributed by atoms with van der Waals surface area (Å²) in [6, 6.07) is 3.96. The maximum absolute atomic E-state index is 14.3. The van der Waals surface area contributed by atoms with Crippen LogP contribution in [0.2, 0.25) is 5.02 Å². The van der Waals surface area contributed by atoms with E-state index in [1.807, 2.05) is 6.92 Å². The summed E-state index contributed by atoms with van der Waals surface area (Å²) < 4.78 is 33.9. The lowest BCUT2D eigenvalue weighted by Crippen LogP contribution is -2.22. The van der Waals surface area contributed by atoms with E-state index >= 15 is 0 Å². The van der Waals surface area contributed by atoms with Crippen LogP contribution in [0.3, 0.4) is 0 Å². The molecular formula is C18H19ClF2N2O. The number of hydrogen-bond acceptors (Lipinski definition) is 3. The van der Waals surface area contributed by atoms with Gasteiger partial charge in [0.15, 0.2) is 11.6 Å². The van der Waals surface area contributed by atoms with Crippen LogP contribution in [0.15, 0.2) is 30.6 Å². The molecule has 6 heteroatoms. The van der Waals surface area contributed by atoms with E-state index in [1.54, 1.807) is 18.5 Å². The van der Waals surface area contributed by atoms with Gasteiger partial charge in [0, 0.05) is 36.5 Å². The Balaban J connectivity index is 1.98. The van der Waals surface area contributed by atoms with Crippen LogP contribution in [0, 0.1) is 17.6 Å². The van der Waals surface area contributed by atoms with Crippen LogP contribution in [0.5, 0.6) is 5.75 Å². The third-order valence-electron chi connectivity index (χ3n) is 4.29. The van der Waals surface area contributed by atoms with Gasteiger partial charge in [0.05, 0.1) is 5.02 Å². The predicted molar refractivity (Wildman–Crippen MR) is 89.3 cm³/mol. The summed E-state index contributed by atoms with van der Waals surface area (Å²) >= 11 is 6.05. The second-order valence-electron chi connectivity index (χ2n) is 5.96. The molecule has 0 spiro atoms. The van der Waals surface area contributed by atoms with Crippen LogP contribution in [-0.2, 0) is 6.42 Å². The fourth-order valence-electron chi connectivity index (χ4n) is 3.09. The zero-order valence-electron chi connectivity index (χ0n) is 13.4. The van der Waals surface area contributed by atoms with E-state index < -0.39 is 17.7 Å². The minimum Gasteiger partial charge on any atom is -0.482 e. The Hall–Kier alpha value is -1.72. The lowest BCUT2D eigenvalue weighted by Gasteiger charge is -2.26. The molecule has 2 atom stereocenters. The second kappa shape index (κ2) is 7.45. The van der Waals surface area contributed by atoms with Crippen molar-refractivity contribution in [1.82, 2.24) is 10.3 Å². The predicted octanol–water partition coefficient (Wildman–Crippen LogP) is 4.31. The molecule has 2 heterocycles. The molecular weight excluding hydrogens is 334 g/mol. The van der Waals surface area contributed by atoms with Crippen LogP contribution in [0.1, 0.15) is 30.6 Å². The lowest BCUT2D eigenvalue weighted by atomic mass is 9.95. The molecule has 0 bridgehead atoms. The molecule has 1 unspecified atom stereocenters. The van der Waals surface area contributed by atoms with E-state index in [4.69, 9.17) is 16.3 Å². The van der Waals surface area contributed by atoms with Crippen molar-refractivity contribution in [3.8, 4) is 5.75 Å². The molecule has 1 aliphatic rings. The molecule has 0 saturated carbocycles. The van der Waals surface area contributed by atoms with Gasteiger partial charge in [-0.2, -0.15) is 0 Å². The van der Waals surface area contributed by atoms with E-state index in [-0.39, 0.29) is 11.7 Å². The number of pyridine rings is 1. The van der Waals surface area contributed by atoms with Gasteiger partial charge in [-0.05, 0) is 37.1 Å². The third-order valence-corrected chi connectivity index (χ3v) is 4.50. The van der Waals surface area contributed by atoms with Gasteiger partial charge >= 0.3 is 0 Å². The summed E-state index contributed by atoms with van der Waals surface area (Å²) in [6.07, 6.45) is 4.22. The summed E-state index contributed by atoms with van der Waals surface area (Å²) in [5.41, 5.74) is 1.31. The summed E-state index contributed by atoms with van der Waals surface area (Å²) in [5.74, 6) is -1.01. The Morgan fingerprint density at radius 2 is 2.17 bits per heavy atom. The summed E-state index contributed by atoms with van der Waals surface area (Å²) in [5, 5.41) is 3.79. The highest BCUT2D eigenvalue weighted by Crippen LogP contribution is 2.36. The van der Waals surface area contributed by atoms with E-state index in [1.165, 1.54) is 6.07 Å². The average Bonchev–Trinajstić information content (AvgIpc) is 3.07. The van der Waals surface area contributed by atoms with Crippen molar-refractivity contribution in [2.24, 2.45) is 5.92 Å². The van der Waals surface area contributed by atoms with Gasteiger partial charge in [-0.1, -0.05) is 18.5 Å². The van der Waals surface area contributed by atoms with Gasteiger partial charge < -0.3 is 10.1 Å². The second-order valence-corrected chi connectivity index (χ2v) is 6.39. The number of aryl methyl sites for hydroxylation is 1. The van der Waals surface area contributed by atoms with E-state index in [9.17, 15) is 8.78 Å². The SMILES string of the molecule is CCc1cc(F)cc(F)c1OC(c1cncc(Cl)c1)[C@H]1CCNC1. The number of rotatable bonds is 5. The van der Waals surface area contributed by atoms with Gasteiger partial charge in [0.2, 0.25) is 0 Å². The van der Waals surface area contributed by atoms with E-state index in [2.05, 4.69) is 10.3 Å². The topological polar surface area (TPSA) is 34.1 Å². The normalized spacial score (nSPS) is 18.6. The number of nitrogens with one attached hydrogen (secondary N) is 1. The summed E-state index contributed by atoms with van der Waals surface area (Å²) in [7, 11) is 0. The Kier molecular flexibility index (Phi) is 5.31. The first kappa shape index (κ1) is 17.1. The molecule has 24 heavy (non-hydrogen) atoms. The fraction of sp³-hybridized carbons (Fsp3) is 0.389. The van der Waals surface area contributed by atoms with Crippen LogP contribution < -0.4 is 10.1 Å². The van der Waals surface area contributed by atoms with Gasteiger partial charge in [0.1, 0.15) is 11.9 Å². The molecule has 3 rings (SSSR count). The minimum atomic E-state index is -0.683. The maximum atomic E-state index is 14.3. The van der Waals surface area contributed by atoms with Crippen molar-refractivity contribution in [3.63, 3.8) is 0 Å². The molecule has 0 radical (unpaired) electrons. The van der Waals surface area contributed by atoms with Crippen molar-refractivity contribution >= 4 is 11.6 Å². The average molecular weight is 353 g/mol. The number of ether oxygens (including phenoxy) is 1. The van der Waals surface area contributed by atoms with Crippen molar-refractivity contribution < 1.29 is 13.5 Å². The highest BCUT2D eigenvalue weighted by molar-refractivity contribution is 6.30. The van der Waals surface area contributed by atoms with Gasteiger partial charge in [-0.3, -0.25) is 4.98 Å². The maximum Gasteiger partial charge on any atom is 0.168 e. The zero-order valence-corrected chi connectivity index (χ0v) is 14.1.